The summed E-state index contributed by atoms with van der Waals surface area (Å²) in [7, 11) is 4.20. The molecule has 2 aliphatic rings. The first-order valence-electron chi connectivity index (χ1n) is 12.2. The van der Waals surface area contributed by atoms with E-state index < -0.39 is 5.82 Å². The summed E-state index contributed by atoms with van der Waals surface area (Å²) < 4.78 is 22.8. The standard InChI is InChI=1S/C28H27FN6O/c1-33-8-7-18(15-33)16-35-17-32-28-24(35)14-31-27(26(28)19-3-4-21(13-30)22(29)11-19)20-5-6-23-25(12-20)36-10-9-34(23)2/h3-6,11-12,14,17-18H,7-10,15-16H2,1-2H3. The molecule has 36 heavy (non-hydrogen) atoms. The molecule has 1 atom stereocenters. The zero-order valence-electron chi connectivity index (χ0n) is 20.4. The summed E-state index contributed by atoms with van der Waals surface area (Å²) in [6, 6.07) is 12.7. The van der Waals surface area contributed by atoms with E-state index in [1.165, 1.54) is 12.1 Å². The zero-order valence-corrected chi connectivity index (χ0v) is 20.4. The zero-order chi connectivity index (χ0) is 24.8. The molecule has 0 spiro atoms. The number of benzene rings is 2. The van der Waals surface area contributed by atoms with Crippen molar-refractivity contribution in [3.05, 3.63) is 60.3 Å². The number of pyridine rings is 1. The SMILES string of the molecule is CN1CCC(Cn2cnc3c(-c4ccc(C#N)c(F)c4)c(-c4ccc5c(c4)OCCN5C)ncc32)C1. The third-order valence-corrected chi connectivity index (χ3v) is 7.32. The molecule has 2 aliphatic heterocycles. The van der Waals surface area contributed by atoms with Gasteiger partial charge < -0.3 is 19.1 Å². The number of hydrogen-bond acceptors (Lipinski definition) is 6. The maximum atomic E-state index is 14.8. The highest BCUT2D eigenvalue weighted by atomic mass is 19.1. The number of hydrogen-bond donors (Lipinski definition) is 0. The topological polar surface area (TPSA) is 70.2 Å². The fourth-order valence-electron chi connectivity index (χ4n) is 5.38. The van der Waals surface area contributed by atoms with Crippen LogP contribution in [0.1, 0.15) is 12.0 Å². The molecule has 4 aromatic rings. The molecule has 182 valence electrons. The van der Waals surface area contributed by atoms with Crippen LogP contribution >= 0.6 is 0 Å². The van der Waals surface area contributed by atoms with E-state index in [2.05, 4.69) is 21.4 Å². The number of nitriles is 1. The Bertz CT molecular complexity index is 1510. The second kappa shape index (κ2) is 8.92. The fraction of sp³-hybridized carbons (Fsp3) is 0.321. The van der Waals surface area contributed by atoms with Gasteiger partial charge in [-0.15, -0.1) is 0 Å². The summed E-state index contributed by atoms with van der Waals surface area (Å²) in [4.78, 5) is 14.2. The van der Waals surface area contributed by atoms with Gasteiger partial charge in [0.05, 0.1) is 41.5 Å². The fourth-order valence-corrected chi connectivity index (χ4v) is 5.38. The van der Waals surface area contributed by atoms with Gasteiger partial charge in [-0.1, -0.05) is 12.1 Å². The van der Waals surface area contributed by atoms with Crippen LogP contribution in [0.15, 0.2) is 48.9 Å². The molecule has 8 heteroatoms. The van der Waals surface area contributed by atoms with E-state index in [9.17, 15) is 9.65 Å². The number of likely N-dealkylation sites (tertiary alicyclic amines) is 1. The molecule has 4 heterocycles. The Morgan fingerprint density at radius 1 is 1.11 bits per heavy atom. The molecule has 7 nitrogen and oxygen atoms in total. The van der Waals surface area contributed by atoms with Crippen LogP contribution in [0.4, 0.5) is 10.1 Å². The van der Waals surface area contributed by atoms with Crippen molar-refractivity contribution >= 4 is 16.7 Å². The smallest absolute Gasteiger partial charge is 0.143 e. The number of halogens is 1. The molecule has 0 amide bonds. The second-order valence-electron chi connectivity index (χ2n) is 9.79. The van der Waals surface area contributed by atoms with Gasteiger partial charge in [-0.25, -0.2) is 9.37 Å². The number of imidazole rings is 1. The summed E-state index contributed by atoms with van der Waals surface area (Å²) >= 11 is 0. The lowest BCUT2D eigenvalue weighted by Gasteiger charge is -2.28. The van der Waals surface area contributed by atoms with Gasteiger partial charge in [0.25, 0.3) is 0 Å². The van der Waals surface area contributed by atoms with Crippen LogP contribution in [-0.2, 0) is 6.54 Å². The van der Waals surface area contributed by atoms with Crippen molar-refractivity contribution in [2.75, 3.05) is 45.2 Å². The van der Waals surface area contributed by atoms with Crippen molar-refractivity contribution in [2.24, 2.45) is 5.92 Å². The highest BCUT2D eigenvalue weighted by Gasteiger charge is 2.24. The minimum Gasteiger partial charge on any atom is -0.490 e. The molecule has 0 aliphatic carbocycles. The maximum absolute atomic E-state index is 14.8. The van der Waals surface area contributed by atoms with E-state index >= 15 is 0 Å². The molecule has 1 saturated heterocycles. The molecular formula is C28H27FN6O. The molecule has 0 radical (unpaired) electrons. The Hall–Kier alpha value is -3.96. The van der Waals surface area contributed by atoms with Crippen LogP contribution in [0.2, 0.25) is 0 Å². The van der Waals surface area contributed by atoms with Crippen LogP contribution in [0.25, 0.3) is 33.4 Å². The molecule has 0 N–H and O–H groups in total. The van der Waals surface area contributed by atoms with E-state index in [4.69, 9.17) is 14.7 Å². The van der Waals surface area contributed by atoms with Crippen LogP contribution in [0.3, 0.4) is 0 Å². The lowest BCUT2D eigenvalue weighted by Crippen LogP contribution is -2.28. The predicted molar refractivity (Wildman–Crippen MR) is 137 cm³/mol. The summed E-state index contributed by atoms with van der Waals surface area (Å²) in [6.07, 6.45) is 4.88. The van der Waals surface area contributed by atoms with Crippen molar-refractivity contribution in [1.29, 1.82) is 5.26 Å². The quantitative estimate of drug-likeness (QED) is 0.425. The third-order valence-electron chi connectivity index (χ3n) is 7.32. The Morgan fingerprint density at radius 3 is 2.75 bits per heavy atom. The van der Waals surface area contributed by atoms with E-state index in [1.807, 2.05) is 43.8 Å². The van der Waals surface area contributed by atoms with E-state index in [0.29, 0.717) is 23.8 Å². The number of fused-ring (bicyclic) bond motifs is 2. The van der Waals surface area contributed by atoms with Crippen molar-refractivity contribution in [3.8, 4) is 34.2 Å². The number of likely N-dealkylation sites (N-methyl/N-ethyl adjacent to an activating group) is 1. The van der Waals surface area contributed by atoms with Crippen molar-refractivity contribution in [1.82, 2.24) is 19.4 Å². The Morgan fingerprint density at radius 2 is 1.97 bits per heavy atom. The monoisotopic (exact) mass is 482 g/mol. The molecule has 2 aromatic heterocycles. The van der Waals surface area contributed by atoms with Gasteiger partial charge in [-0.3, -0.25) is 4.98 Å². The lowest BCUT2D eigenvalue weighted by molar-refractivity contribution is 0.311. The molecule has 6 rings (SSSR count). The third kappa shape index (κ3) is 3.86. The average molecular weight is 483 g/mol. The molecule has 0 saturated carbocycles. The number of ether oxygens (including phenoxy) is 1. The van der Waals surface area contributed by atoms with E-state index in [0.717, 1.165) is 66.2 Å². The minimum atomic E-state index is -0.554. The van der Waals surface area contributed by atoms with Crippen molar-refractivity contribution in [3.63, 3.8) is 0 Å². The highest BCUT2D eigenvalue weighted by molar-refractivity contribution is 5.99. The summed E-state index contributed by atoms with van der Waals surface area (Å²) in [6.45, 7) is 4.48. The van der Waals surface area contributed by atoms with Gasteiger partial charge in [0.2, 0.25) is 0 Å². The first-order valence-corrected chi connectivity index (χ1v) is 12.2. The molecule has 2 aromatic carbocycles. The molecule has 0 bridgehead atoms. The summed E-state index contributed by atoms with van der Waals surface area (Å²) in [5, 5.41) is 9.24. The van der Waals surface area contributed by atoms with Crippen molar-refractivity contribution in [2.45, 2.75) is 13.0 Å². The van der Waals surface area contributed by atoms with Crippen LogP contribution < -0.4 is 9.64 Å². The molecule has 1 fully saturated rings. The van der Waals surface area contributed by atoms with E-state index in [-0.39, 0.29) is 5.56 Å². The number of aromatic nitrogens is 3. The maximum Gasteiger partial charge on any atom is 0.143 e. The van der Waals surface area contributed by atoms with Gasteiger partial charge in [-0.05, 0) is 55.8 Å². The predicted octanol–water partition coefficient (Wildman–Crippen LogP) is 4.56. The van der Waals surface area contributed by atoms with Gasteiger partial charge in [0.15, 0.2) is 0 Å². The largest absolute Gasteiger partial charge is 0.490 e. The number of anilines is 1. The van der Waals surface area contributed by atoms with Gasteiger partial charge in [0.1, 0.15) is 29.8 Å². The second-order valence-corrected chi connectivity index (χ2v) is 9.79. The Balaban J connectivity index is 1.51. The normalized spacial score (nSPS) is 17.7. The first kappa shape index (κ1) is 22.5. The van der Waals surface area contributed by atoms with Gasteiger partial charge in [0, 0.05) is 31.3 Å². The highest BCUT2D eigenvalue weighted by Crippen LogP contribution is 2.40. The Labute approximate surface area is 209 Å². The molecule has 1 unspecified atom stereocenters. The first-order chi connectivity index (χ1) is 17.5. The van der Waals surface area contributed by atoms with Gasteiger partial charge in [-0.2, -0.15) is 5.26 Å². The summed E-state index contributed by atoms with van der Waals surface area (Å²) in [5.74, 6) is 0.801. The van der Waals surface area contributed by atoms with Gasteiger partial charge >= 0.3 is 0 Å². The average Bonchev–Trinajstić information content (AvgIpc) is 3.49. The Kier molecular flexibility index (Phi) is 5.57. The van der Waals surface area contributed by atoms with Crippen molar-refractivity contribution < 1.29 is 9.13 Å². The lowest BCUT2D eigenvalue weighted by atomic mass is 9.96. The summed E-state index contributed by atoms with van der Waals surface area (Å²) in [5.41, 5.74) is 5.70. The van der Waals surface area contributed by atoms with E-state index in [1.54, 1.807) is 6.07 Å². The van der Waals surface area contributed by atoms with Crippen LogP contribution in [-0.4, -0.2) is 59.8 Å². The number of nitrogens with zero attached hydrogens (tertiary/aromatic N) is 6. The minimum absolute atomic E-state index is 0.0153. The number of rotatable bonds is 4. The van der Waals surface area contributed by atoms with Crippen LogP contribution in [0.5, 0.6) is 5.75 Å². The molecular weight excluding hydrogens is 455 g/mol. The van der Waals surface area contributed by atoms with Crippen LogP contribution in [0, 0.1) is 23.1 Å².